The Hall–Kier alpha value is -0.760. The summed E-state index contributed by atoms with van der Waals surface area (Å²) >= 11 is 0. The first-order chi connectivity index (χ1) is 44.5. The van der Waals surface area contributed by atoms with Crippen LogP contribution in [-0.2, 0) is 18.4 Å². The minimum Gasteiger partial charge on any atom is -0.756 e. The van der Waals surface area contributed by atoms with E-state index < -0.39 is 20.0 Å². The van der Waals surface area contributed by atoms with Gasteiger partial charge in [-0.3, -0.25) is 9.36 Å². The van der Waals surface area contributed by atoms with E-state index in [1.54, 1.807) is 6.08 Å². The van der Waals surface area contributed by atoms with Crippen LogP contribution in [0.15, 0.2) is 12.2 Å². The van der Waals surface area contributed by atoms with Crippen molar-refractivity contribution in [1.82, 2.24) is 5.32 Å². The fourth-order valence-electron chi connectivity index (χ4n) is 13.3. The van der Waals surface area contributed by atoms with Gasteiger partial charge in [-0.25, -0.2) is 0 Å². The molecular weight excluding hydrogens is 1140 g/mol. The summed E-state index contributed by atoms with van der Waals surface area (Å²) in [6, 6.07) is -0.885. The molecule has 8 nitrogen and oxygen atoms in total. The molecule has 2 N–H and O–H groups in total. The smallest absolute Gasteiger partial charge is 0.268 e. The van der Waals surface area contributed by atoms with Gasteiger partial charge in [0.1, 0.15) is 13.2 Å². The van der Waals surface area contributed by atoms with Crippen molar-refractivity contribution < 1.29 is 32.9 Å². The van der Waals surface area contributed by atoms with Crippen LogP contribution < -0.4 is 10.2 Å². The lowest BCUT2D eigenvalue weighted by molar-refractivity contribution is -0.870. The molecule has 0 aromatic rings. The SMILES string of the molecule is CCCCCCCCCCCCCCCCCCCCCCCCCCCC/C=C/C(O)C(COP(=O)([O-])OCC[N+](C)(C)C)NC(=O)CCCCCCCCCCCCCCCCCCCCCCCCCCCCCCCCCCCCCCCCCCC. The Morgan fingerprint density at radius 3 is 0.824 bits per heavy atom. The normalized spacial score (nSPS) is 13.4. The van der Waals surface area contributed by atoms with Crippen LogP contribution in [-0.4, -0.2) is 68.5 Å². The van der Waals surface area contributed by atoms with Gasteiger partial charge in [-0.2, -0.15) is 0 Å². The van der Waals surface area contributed by atoms with Crippen LogP contribution in [0.3, 0.4) is 0 Å². The van der Waals surface area contributed by atoms with Crippen molar-refractivity contribution in [3.63, 3.8) is 0 Å². The number of allylic oxidation sites excluding steroid dienone is 1. The molecular formula is C82H165N2O6P. The third-order valence-corrected chi connectivity index (χ3v) is 20.7. The van der Waals surface area contributed by atoms with Crippen LogP contribution in [0.2, 0.25) is 0 Å². The summed E-state index contributed by atoms with van der Waals surface area (Å²) in [6.45, 7) is 4.74. The maximum Gasteiger partial charge on any atom is 0.268 e. The molecule has 0 saturated heterocycles. The van der Waals surface area contributed by atoms with Crippen molar-refractivity contribution in [3.05, 3.63) is 12.2 Å². The van der Waals surface area contributed by atoms with Crippen LogP contribution in [0.4, 0.5) is 0 Å². The number of phosphoric ester groups is 1. The topological polar surface area (TPSA) is 108 Å². The average Bonchev–Trinajstić information content (AvgIpc) is 3.73. The number of unbranched alkanes of at least 4 members (excludes halogenated alkanes) is 66. The number of quaternary nitrogens is 1. The zero-order valence-corrected chi connectivity index (χ0v) is 63.5. The summed E-state index contributed by atoms with van der Waals surface area (Å²) in [6.07, 6.45) is 96.9. The molecule has 0 aromatic heterocycles. The molecule has 3 unspecified atom stereocenters. The number of hydrogen-bond donors (Lipinski definition) is 2. The Balaban J connectivity index is 3.87. The van der Waals surface area contributed by atoms with Crippen molar-refractivity contribution in [2.24, 2.45) is 0 Å². The van der Waals surface area contributed by atoms with Gasteiger partial charge in [-0.1, -0.05) is 443 Å². The van der Waals surface area contributed by atoms with Crippen LogP contribution in [0, 0.1) is 0 Å². The van der Waals surface area contributed by atoms with Crippen LogP contribution >= 0.6 is 7.82 Å². The number of phosphoric acid groups is 1. The minimum absolute atomic E-state index is 0.00317. The predicted molar refractivity (Wildman–Crippen MR) is 399 cm³/mol. The highest BCUT2D eigenvalue weighted by atomic mass is 31.2. The molecule has 0 rings (SSSR count). The van der Waals surface area contributed by atoms with Crippen LogP contribution in [0.25, 0.3) is 0 Å². The second-order valence-corrected chi connectivity index (χ2v) is 31.6. The van der Waals surface area contributed by atoms with Crippen molar-refractivity contribution in [2.75, 3.05) is 40.9 Å². The third kappa shape index (κ3) is 76.5. The van der Waals surface area contributed by atoms with E-state index >= 15 is 0 Å². The highest BCUT2D eigenvalue weighted by Gasteiger charge is 2.23. The molecule has 0 aliphatic carbocycles. The van der Waals surface area contributed by atoms with Gasteiger partial charge in [0, 0.05) is 6.42 Å². The van der Waals surface area contributed by atoms with Crippen molar-refractivity contribution in [3.8, 4) is 0 Å². The molecule has 1 amide bonds. The third-order valence-electron chi connectivity index (χ3n) is 19.7. The molecule has 0 heterocycles. The Bertz CT molecular complexity index is 1490. The van der Waals surface area contributed by atoms with Crippen LogP contribution in [0.5, 0.6) is 0 Å². The van der Waals surface area contributed by atoms with E-state index in [1.165, 1.54) is 398 Å². The number of aliphatic hydroxyl groups is 1. The molecule has 0 aliphatic heterocycles. The van der Waals surface area contributed by atoms with Gasteiger partial charge in [-0.05, 0) is 19.3 Å². The number of hydrogen-bond acceptors (Lipinski definition) is 6. The quantitative estimate of drug-likeness (QED) is 0.0272. The maximum absolute atomic E-state index is 13.1. The maximum atomic E-state index is 13.1. The molecule has 0 aliphatic rings. The Morgan fingerprint density at radius 2 is 0.593 bits per heavy atom. The van der Waals surface area contributed by atoms with E-state index in [0.717, 1.165) is 38.5 Å². The van der Waals surface area contributed by atoms with Crippen molar-refractivity contribution in [1.29, 1.82) is 0 Å². The fourth-order valence-corrected chi connectivity index (χ4v) is 14.1. The van der Waals surface area contributed by atoms with Gasteiger partial charge in [0.2, 0.25) is 5.91 Å². The first-order valence-electron chi connectivity index (χ1n) is 41.6. The van der Waals surface area contributed by atoms with E-state index in [4.69, 9.17) is 9.05 Å². The van der Waals surface area contributed by atoms with Crippen molar-refractivity contribution >= 4 is 13.7 Å². The molecule has 544 valence electrons. The zero-order chi connectivity index (χ0) is 66.2. The lowest BCUT2D eigenvalue weighted by atomic mass is 10.0. The number of amides is 1. The summed E-state index contributed by atoms with van der Waals surface area (Å²) < 4.78 is 23.5. The number of likely N-dealkylation sites (N-methyl/N-ethyl adjacent to an activating group) is 1. The monoisotopic (exact) mass is 1310 g/mol. The van der Waals surface area contributed by atoms with Gasteiger partial charge in [0.25, 0.3) is 7.82 Å². The molecule has 0 aromatic carbocycles. The lowest BCUT2D eigenvalue weighted by Gasteiger charge is -2.29. The number of rotatable bonds is 79. The summed E-state index contributed by atoms with van der Waals surface area (Å²) in [5.41, 5.74) is 0. The average molecular weight is 1310 g/mol. The summed E-state index contributed by atoms with van der Waals surface area (Å²) in [5, 5.41) is 14.0. The Labute approximate surface area is 571 Å². The van der Waals surface area contributed by atoms with E-state index in [2.05, 4.69) is 19.2 Å². The Morgan fingerprint density at radius 1 is 0.374 bits per heavy atom. The molecule has 0 spiro atoms. The van der Waals surface area contributed by atoms with E-state index in [0.29, 0.717) is 17.4 Å². The molecule has 3 atom stereocenters. The minimum atomic E-state index is -4.60. The fraction of sp³-hybridized carbons (Fsp3) is 0.963. The van der Waals surface area contributed by atoms with Gasteiger partial charge in [-0.15, -0.1) is 0 Å². The number of carbonyl (C=O) groups excluding carboxylic acids is 1. The highest BCUT2D eigenvalue weighted by Crippen LogP contribution is 2.38. The lowest BCUT2D eigenvalue weighted by Crippen LogP contribution is -2.45. The number of aliphatic hydroxyl groups excluding tert-OH is 1. The number of nitrogens with one attached hydrogen (secondary N) is 1. The van der Waals surface area contributed by atoms with Gasteiger partial charge in [0.15, 0.2) is 0 Å². The second kappa shape index (κ2) is 73.5. The number of carbonyl (C=O) groups is 1. The Kier molecular flexibility index (Phi) is 72.9. The molecule has 91 heavy (non-hydrogen) atoms. The zero-order valence-electron chi connectivity index (χ0n) is 62.6. The van der Waals surface area contributed by atoms with Crippen LogP contribution in [0.1, 0.15) is 457 Å². The molecule has 9 heteroatoms. The van der Waals surface area contributed by atoms with Gasteiger partial charge < -0.3 is 28.8 Å². The van der Waals surface area contributed by atoms with Crippen molar-refractivity contribution in [2.45, 2.75) is 469 Å². The summed E-state index contributed by atoms with van der Waals surface area (Å²) in [7, 11) is 1.29. The van der Waals surface area contributed by atoms with E-state index in [1.807, 2.05) is 27.2 Å². The first kappa shape index (κ1) is 90.2. The van der Waals surface area contributed by atoms with Gasteiger partial charge in [0.05, 0.1) is 39.9 Å². The standard InChI is InChI=1S/C82H165N2O6P/c1-6-8-10-12-14-16-18-20-22-24-26-28-30-32-34-36-37-38-39-40-41-42-43-44-45-46-47-48-50-52-54-56-58-60-62-64-66-68-70-72-74-76-82(86)83-80(79-90-91(87,88)89-78-77-84(3,4)5)81(85)75-73-71-69-67-65-63-61-59-57-55-53-51-49-35-33-31-29-27-25-23-21-19-17-15-13-11-9-7-2/h73,75,80-81,85H,6-72,74,76-79H2,1-5H3,(H-,83,86,87,88)/b75-73+. The van der Waals surface area contributed by atoms with E-state index in [-0.39, 0.29) is 19.1 Å². The summed E-state index contributed by atoms with van der Waals surface area (Å²) in [4.78, 5) is 25.7. The molecule has 0 saturated carbocycles. The largest absolute Gasteiger partial charge is 0.756 e. The molecule has 0 radical (unpaired) electrons. The molecule has 0 bridgehead atoms. The second-order valence-electron chi connectivity index (χ2n) is 30.2. The first-order valence-corrected chi connectivity index (χ1v) is 43.0. The molecule has 0 fully saturated rings. The predicted octanol–water partition coefficient (Wildman–Crippen LogP) is 26.6. The van der Waals surface area contributed by atoms with Gasteiger partial charge >= 0.3 is 0 Å². The number of nitrogens with zero attached hydrogens (tertiary/aromatic N) is 1. The summed E-state index contributed by atoms with van der Waals surface area (Å²) in [5.74, 6) is -0.185. The highest BCUT2D eigenvalue weighted by molar-refractivity contribution is 7.45. The van der Waals surface area contributed by atoms with E-state index in [9.17, 15) is 19.4 Å².